The Balaban J connectivity index is 1.89. The van der Waals surface area contributed by atoms with E-state index in [-0.39, 0.29) is 6.04 Å². The number of hydrogen-bond acceptors (Lipinski definition) is 3. The lowest BCUT2D eigenvalue weighted by molar-refractivity contribution is 0.0425. The molecule has 1 aromatic carbocycles. The zero-order chi connectivity index (χ0) is 16.2. The molecule has 0 aromatic heterocycles. The first-order chi connectivity index (χ1) is 10.3. The molecule has 0 radical (unpaired) electrons. The van der Waals surface area contributed by atoms with Crippen LogP contribution in [-0.2, 0) is 11.3 Å². The Morgan fingerprint density at radius 1 is 1.32 bits per heavy atom. The first kappa shape index (κ1) is 16.7. The number of piperidine rings is 1. The second-order valence-corrected chi connectivity index (χ2v) is 6.86. The summed E-state index contributed by atoms with van der Waals surface area (Å²) in [6.07, 6.45) is -1.08. The third kappa shape index (κ3) is 5.64. The average Bonchev–Trinajstić information content (AvgIpc) is 2.36. The molecule has 0 unspecified atom stereocenters. The van der Waals surface area contributed by atoms with Gasteiger partial charge >= 0.3 is 6.09 Å². The minimum absolute atomic E-state index is 0.220. The van der Waals surface area contributed by atoms with Gasteiger partial charge in [0.15, 0.2) is 0 Å². The minimum Gasteiger partial charge on any atom is -0.444 e. The van der Waals surface area contributed by atoms with Crippen molar-refractivity contribution in [3.8, 4) is 0 Å². The Morgan fingerprint density at radius 3 is 2.64 bits per heavy atom. The van der Waals surface area contributed by atoms with E-state index in [2.05, 4.69) is 5.32 Å². The van der Waals surface area contributed by atoms with Crippen molar-refractivity contribution in [3.63, 3.8) is 0 Å². The van der Waals surface area contributed by atoms with E-state index in [4.69, 9.17) is 4.74 Å². The van der Waals surface area contributed by atoms with Gasteiger partial charge in [0.1, 0.15) is 11.8 Å². The third-order valence-electron chi connectivity index (χ3n) is 3.45. The molecule has 2 rings (SSSR count). The lowest BCUT2D eigenvalue weighted by atomic mass is 10.0. The summed E-state index contributed by atoms with van der Waals surface area (Å²) >= 11 is 0. The van der Waals surface area contributed by atoms with Crippen molar-refractivity contribution in [2.45, 2.75) is 51.6 Å². The van der Waals surface area contributed by atoms with Gasteiger partial charge in [-0.15, -0.1) is 0 Å². The number of likely N-dealkylation sites (tertiary alicyclic amines) is 1. The van der Waals surface area contributed by atoms with Crippen LogP contribution < -0.4 is 5.32 Å². The van der Waals surface area contributed by atoms with Crippen LogP contribution in [0.1, 0.15) is 32.8 Å². The van der Waals surface area contributed by atoms with E-state index >= 15 is 0 Å². The maximum absolute atomic E-state index is 13.9. The van der Waals surface area contributed by atoms with Crippen molar-refractivity contribution in [2.75, 3.05) is 13.1 Å². The molecule has 1 N–H and O–H groups in total. The number of rotatable bonds is 3. The molecule has 1 fully saturated rings. The number of alkyl carbamates (subject to hydrolysis) is 1. The summed E-state index contributed by atoms with van der Waals surface area (Å²) in [6, 6.07) is 9.74. The number of nitrogens with one attached hydrogen (secondary N) is 1. The molecule has 0 bridgehead atoms. The third-order valence-corrected chi connectivity index (χ3v) is 3.45. The standard InChI is InChI=1S/C17H25FN2O2/c1-17(2,3)22-16(21)19-15-9-14(18)11-20(12-15)10-13-7-5-4-6-8-13/h4-8,14-15H,9-12H2,1-3H3,(H,19,21)/t14-,15-/m1/s1. The van der Waals surface area contributed by atoms with Crippen LogP contribution in [-0.4, -0.2) is 41.9 Å². The van der Waals surface area contributed by atoms with E-state index in [0.29, 0.717) is 26.1 Å². The zero-order valence-electron chi connectivity index (χ0n) is 13.5. The van der Waals surface area contributed by atoms with Crippen molar-refractivity contribution in [1.29, 1.82) is 0 Å². The van der Waals surface area contributed by atoms with Crippen LogP contribution in [0.15, 0.2) is 30.3 Å². The molecule has 5 heteroatoms. The monoisotopic (exact) mass is 308 g/mol. The van der Waals surface area contributed by atoms with Gasteiger partial charge < -0.3 is 10.1 Å². The average molecular weight is 308 g/mol. The lowest BCUT2D eigenvalue weighted by Gasteiger charge is -2.35. The maximum Gasteiger partial charge on any atom is 0.407 e. The quantitative estimate of drug-likeness (QED) is 0.933. The van der Waals surface area contributed by atoms with Gasteiger partial charge in [0.25, 0.3) is 0 Å². The number of nitrogens with zero attached hydrogens (tertiary/aromatic N) is 1. The van der Waals surface area contributed by atoms with E-state index in [1.165, 1.54) is 0 Å². The van der Waals surface area contributed by atoms with E-state index in [1.54, 1.807) is 0 Å². The first-order valence-corrected chi connectivity index (χ1v) is 7.72. The highest BCUT2D eigenvalue weighted by molar-refractivity contribution is 5.68. The van der Waals surface area contributed by atoms with Gasteiger partial charge in [-0.05, 0) is 26.3 Å². The summed E-state index contributed by atoms with van der Waals surface area (Å²) in [5.41, 5.74) is 0.602. The second-order valence-electron chi connectivity index (χ2n) is 6.86. The Labute approximate surface area is 131 Å². The molecule has 1 saturated heterocycles. The molecule has 4 nitrogen and oxygen atoms in total. The SMILES string of the molecule is CC(C)(C)OC(=O)N[C@@H]1C[C@@H](F)CN(Cc2ccccc2)C1. The normalized spacial score (nSPS) is 23.1. The summed E-state index contributed by atoms with van der Waals surface area (Å²) in [4.78, 5) is 13.9. The molecular weight excluding hydrogens is 283 g/mol. The number of benzene rings is 1. The Bertz CT molecular complexity index is 487. The summed E-state index contributed by atoms with van der Waals surface area (Å²) in [5.74, 6) is 0. The molecule has 1 aliphatic heterocycles. The van der Waals surface area contributed by atoms with Gasteiger partial charge in [-0.1, -0.05) is 30.3 Å². The Morgan fingerprint density at radius 2 is 2.00 bits per heavy atom. The summed E-state index contributed by atoms with van der Waals surface area (Å²) in [5, 5.41) is 2.78. The number of carbonyl (C=O) groups is 1. The Hall–Kier alpha value is -1.62. The molecule has 0 spiro atoms. The molecule has 0 aliphatic carbocycles. The molecular formula is C17H25FN2O2. The van der Waals surface area contributed by atoms with Gasteiger partial charge in [0.05, 0.1) is 0 Å². The van der Waals surface area contributed by atoms with E-state index in [9.17, 15) is 9.18 Å². The van der Waals surface area contributed by atoms with Crippen LogP contribution >= 0.6 is 0 Å². The van der Waals surface area contributed by atoms with Gasteiger partial charge in [0, 0.05) is 32.1 Å². The number of hydrogen-bond donors (Lipinski definition) is 1. The van der Waals surface area contributed by atoms with Gasteiger partial charge in [-0.3, -0.25) is 4.90 Å². The van der Waals surface area contributed by atoms with Crippen molar-refractivity contribution in [2.24, 2.45) is 0 Å². The number of carbonyl (C=O) groups excluding carboxylic acids is 1. The number of alkyl halides is 1. The van der Waals surface area contributed by atoms with Crippen molar-refractivity contribution in [1.82, 2.24) is 10.2 Å². The largest absolute Gasteiger partial charge is 0.444 e. The van der Waals surface area contributed by atoms with Crippen LogP contribution in [0.4, 0.5) is 9.18 Å². The Kier molecular flexibility index (Phi) is 5.40. The topological polar surface area (TPSA) is 41.6 Å². The molecule has 0 saturated carbocycles. The molecule has 1 aliphatic rings. The van der Waals surface area contributed by atoms with Crippen molar-refractivity contribution >= 4 is 6.09 Å². The molecule has 1 amide bonds. The number of amides is 1. The van der Waals surface area contributed by atoms with E-state index < -0.39 is 17.9 Å². The maximum atomic E-state index is 13.9. The summed E-state index contributed by atoms with van der Waals surface area (Å²) in [6.45, 7) is 7.16. The highest BCUT2D eigenvalue weighted by atomic mass is 19.1. The number of halogens is 1. The molecule has 22 heavy (non-hydrogen) atoms. The fourth-order valence-electron chi connectivity index (χ4n) is 2.67. The minimum atomic E-state index is -0.933. The second kappa shape index (κ2) is 7.09. The first-order valence-electron chi connectivity index (χ1n) is 7.72. The predicted octanol–water partition coefficient (Wildman–Crippen LogP) is 3.12. The highest BCUT2D eigenvalue weighted by Crippen LogP contribution is 2.17. The highest BCUT2D eigenvalue weighted by Gasteiger charge is 2.29. The van der Waals surface area contributed by atoms with Crippen LogP contribution in [0.3, 0.4) is 0 Å². The molecule has 2 atom stereocenters. The van der Waals surface area contributed by atoms with Crippen LogP contribution in [0.5, 0.6) is 0 Å². The van der Waals surface area contributed by atoms with Crippen molar-refractivity contribution in [3.05, 3.63) is 35.9 Å². The van der Waals surface area contributed by atoms with E-state index in [0.717, 1.165) is 5.56 Å². The fourth-order valence-corrected chi connectivity index (χ4v) is 2.67. The molecule has 1 aromatic rings. The smallest absolute Gasteiger partial charge is 0.407 e. The van der Waals surface area contributed by atoms with Crippen LogP contribution in [0.25, 0.3) is 0 Å². The molecule has 1 heterocycles. The number of ether oxygens (including phenoxy) is 1. The summed E-state index contributed by atoms with van der Waals surface area (Å²) < 4.78 is 19.2. The van der Waals surface area contributed by atoms with Crippen LogP contribution in [0.2, 0.25) is 0 Å². The van der Waals surface area contributed by atoms with Gasteiger partial charge in [0.2, 0.25) is 0 Å². The summed E-state index contributed by atoms with van der Waals surface area (Å²) in [7, 11) is 0. The van der Waals surface area contributed by atoms with Crippen molar-refractivity contribution < 1.29 is 13.9 Å². The fraction of sp³-hybridized carbons (Fsp3) is 0.588. The predicted molar refractivity (Wildman–Crippen MR) is 84.4 cm³/mol. The molecule has 122 valence electrons. The lowest BCUT2D eigenvalue weighted by Crippen LogP contribution is -2.52. The van der Waals surface area contributed by atoms with Gasteiger partial charge in [-0.25, -0.2) is 9.18 Å². The zero-order valence-corrected chi connectivity index (χ0v) is 13.5. The van der Waals surface area contributed by atoms with Gasteiger partial charge in [-0.2, -0.15) is 0 Å². The van der Waals surface area contributed by atoms with E-state index in [1.807, 2.05) is 56.0 Å². The van der Waals surface area contributed by atoms with Crippen LogP contribution in [0, 0.1) is 0 Å².